The van der Waals surface area contributed by atoms with Crippen molar-refractivity contribution in [2.45, 2.75) is 13.3 Å². The predicted molar refractivity (Wildman–Crippen MR) is 62.5 cm³/mol. The van der Waals surface area contributed by atoms with Gasteiger partial charge in [0.1, 0.15) is 5.82 Å². The maximum Gasteiger partial charge on any atom is 0.141 e. The minimum absolute atomic E-state index is 0.149. The molecule has 0 aliphatic heterocycles. The maximum atomic E-state index is 12.9. The van der Waals surface area contributed by atoms with Crippen LogP contribution in [0, 0.1) is 11.2 Å². The summed E-state index contributed by atoms with van der Waals surface area (Å²) >= 11 is 5.70. The van der Waals surface area contributed by atoms with Gasteiger partial charge in [-0.15, -0.1) is 6.58 Å². The van der Waals surface area contributed by atoms with E-state index >= 15 is 0 Å². The average Bonchev–Trinajstić information content (AvgIpc) is 2.23. The quantitative estimate of drug-likeness (QED) is 0.786. The summed E-state index contributed by atoms with van der Waals surface area (Å²) in [6, 6.07) is 4.73. The van der Waals surface area contributed by atoms with Crippen molar-refractivity contribution in [3.05, 3.63) is 47.3 Å². The van der Waals surface area contributed by atoms with Crippen LogP contribution in [0.4, 0.5) is 4.39 Å². The Hall–Kier alpha value is -0.860. The fraction of sp³-hybridized carbons (Fsp3) is 0.333. The first-order valence-corrected chi connectivity index (χ1v) is 5.16. The zero-order chi connectivity index (χ0) is 11.5. The van der Waals surface area contributed by atoms with Gasteiger partial charge in [0.05, 0.1) is 5.02 Å². The highest BCUT2D eigenvalue weighted by Gasteiger charge is 2.19. The Morgan fingerprint density at radius 2 is 2.27 bits per heavy atom. The Morgan fingerprint density at radius 3 is 2.73 bits per heavy atom. The highest BCUT2D eigenvalue weighted by atomic mass is 35.5. The van der Waals surface area contributed by atoms with Crippen molar-refractivity contribution in [3.8, 4) is 0 Å². The van der Waals surface area contributed by atoms with E-state index in [0.29, 0.717) is 13.0 Å². The topological polar surface area (TPSA) is 26.0 Å². The fourth-order valence-corrected chi connectivity index (χ4v) is 1.55. The van der Waals surface area contributed by atoms with Gasteiger partial charge in [0, 0.05) is 12.0 Å². The third-order valence-corrected chi connectivity index (χ3v) is 2.84. The van der Waals surface area contributed by atoms with Crippen LogP contribution in [0.3, 0.4) is 0 Å². The normalized spacial score (nSPS) is 14.7. The van der Waals surface area contributed by atoms with Crippen molar-refractivity contribution in [2.24, 2.45) is 11.1 Å². The minimum atomic E-state index is -0.395. The van der Waals surface area contributed by atoms with Gasteiger partial charge in [-0.2, -0.15) is 0 Å². The van der Waals surface area contributed by atoms with E-state index in [1.54, 1.807) is 12.1 Å². The highest BCUT2D eigenvalue weighted by molar-refractivity contribution is 6.30. The lowest BCUT2D eigenvalue weighted by Gasteiger charge is -2.23. The van der Waals surface area contributed by atoms with E-state index in [-0.39, 0.29) is 10.4 Å². The van der Waals surface area contributed by atoms with Crippen molar-refractivity contribution >= 4 is 11.6 Å². The number of benzene rings is 1. The molecule has 0 saturated carbocycles. The van der Waals surface area contributed by atoms with Crippen LogP contribution >= 0.6 is 11.6 Å². The van der Waals surface area contributed by atoms with Gasteiger partial charge in [0.2, 0.25) is 0 Å². The van der Waals surface area contributed by atoms with E-state index < -0.39 is 5.82 Å². The molecule has 1 rings (SSSR count). The van der Waals surface area contributed by atoms with Crippen molar-refractivity contribution < 1.29 is 4.39 Å². The molecule has 82 valence electrons. The average molecular weight is 228 g/mol. The molecule has 0 aliphatic carbocycles. The van der Waals surface area contributed by atoms with Crippen LogP contribution in [0.2, 0.25) is 5.02 Å². The SMILES string of the molecule is C=CC(C)(CN)Cc1ccc(F)c(Cl)c1. The molecule has 1 aromatic rings. The molecule has 1 atom stereocenters. The second kappa shape index (κ2) is 4.77. The Bertz CT molecular complexity index is 365. The molecular formula is C12H15ClFN. The largest absolute Gasteiger partial charge is 0.330 e. The summed E-state index contributed by atoms with van der Waals surface area (Å²) < 4.78 is 12.9. The lowest BCUT2D eigenvalue weighted by atomic mass is 9.84. The van der Waals surface area contributed by atoms with Crippen LogP contribution in [-0.4, -0.2) is 6.54 Å². The first kappa shape index (κ1) is 12.2. The Labute approximate surface area is 94.7 Å². The van der Waals surface area contributed by atoms with E-state index in [2.05, 4.69) is 6.58 Å². The Morgan fingerprint density at radius 1 is 1.60 bits per heavy atom. The molecule has 0 aromatic heterocycles. The lowest BCUT2D eigenvalue weighted by Crippen LogP contribution is -2.27. The standard InChI is InChI=1S/C12H15ClFN/c1-3-12(2,8-15)7-9-4-5-11(14)10(13)6-9/h3-6H,1,7-8,15H2,2H3. The molecule has 0 radical (unpaired) electrons. The summed E-state index contributed by atoms with van der Waals surface area (Å²) in [6.45, 7) is 6.27. The molecule has 0 heterocycles. The first-order valence-electron chi connectivity index (χ1n) is 4.78. The summed E-state index contributed by atoms with van der Waals surface area (Å²) in [4.78, 5) is 0. The molecule has 0 spiro atoms. The third kappa shape index (κ3) is 3.05. The molecular weight excluding hydrogens is 213 g/mol. The zero-order valence-electron chi connectivity index (χ0n) is 8.76. The molecule has 1 aromatic carbocycles. The Balaban J connectivity index is 2.89. The van der Waals surface area contributed by atoms with Crippen LogP contribution in [-0.2, 0) is 6.42 Å². The number of rotatable bonds is 4. The van der Waals surface area contributed by atoms with Gasteiger partial charge in [-0.3, -0.25) is 0 Å². The zero-order valence-corrected chi connectivity index (χ0v) is 9.52. The lowest BCUT2D eigenvalue weighted by molar-refractivity contribution is 0.438. The smallest absolute Gasteiger partial charge is 0.141 e. The third-order valence-electron chi connectivity index (χ3n) is 2.55. The first-order chi connectivity index (χ1) is 7.00. The summed E-state index contributed by atoms with van der Waals surface area (Å²) in [5.41, 5.74) is 6.46. The second-order valence-corrected chi connectivity index (χ2v) is 4.39. The van der Waals surface area contributed by atoms with E-state index in [1.165, 1.54) is 6.07 Å². The Kier molecular flexibility index (Phi) is 3.89. The summed E-state index contributed by atoms with van der Waals surface area (Å²) in [5.74, 6) is -0.395. The van der Waals surface area contributed by atoms with Gasteiger partial charge in [-0.05, 0) is 24.1 Å². The molecule has 0 bridgehead atoms. The molecule has 0 aliphatic rings. The monoisotopic (exact) mass is 227 g/mol. The minimum Gasteiger partial charge on any atom is -0.330 e. The maximum absolute atomic E-state index is 12.9. The van der Waals surface area contributed by atoms with Gasteiger partial charge in [0.25, 0.3) is 0 Å². The van der Waals surface area contributed by atoms with Gasteiger partial charge in [-0.25, -0.2) is 4.39 Å². The molecule has 3 heteroatoms. The summed E-state index contributed by atoms with van der Waals surface area (Å²) in [6.07, 6.45) is 2.54. The van der Waals surface area contributed by atoms with Gasteiger partial charge in [-0.1, -0.05) is 30.7 Å². The van der Waals surface area contributed by atoms with Crippen LogP contribution in [0.5, 0.6) is 0 Å². The van der Waals surface area contributed by atoms with Crippen molar-refractivity contribution in [1.29, 1.82) is 0 Å². The van der Waals surface area contributed by atoms with Crippen LogP contribution < -0.4 is 5.73 Å². The highest BCUT2D eigenvalue weighted by Crippen LogP contribution is 2.25. The van der Waals surface area contributed by atoms with E-state index in [9.17, 15) is 4.39 Å². The molecule has 1 unspecified atom stereocenters. The van der Waals surface area contributed by atoms with Gasteiger partial charge < -0.3 is 5.73 Å². The van der Waals surface area contributed by atoms with Crippen molar-refractivity contribution in [2.75, 3.05) is 6.54 Å². The van der Waals surface area contributed by atoms with Crippen LogP contribution in [0.15, 0.2) is 30.9 Å². The predicted octanol–water partition coefficient (Wildman–Crippen LogP) is 3.17. The number of hydrogen-bond donors (Lipinski definition) is 1. The molecule has 1 nitrogen and oxygen atoms in total. The van der Waals surface area contributed by atoms with Gasteiger partial charge in [0.15, 0.2) is 0 Å². The second-order valence-electron chi connectivity index (χ2n) is 3.99. The summed E-state index contributed by atoms with van der Waals surface area (Å²) in [5, 5.41) is 0.149. The molecule has 15 heavy (non-hydrogen) atoms. The molecule has 0 fully saturated rings. The van der Waals surface area contributed by atoms with E-state index in [0.717, 1.165) is 5.56 Å². The van der Waals surface area contributed by atoms with E-state index in [4.69, 9.17) is 17.3 Å². The van der Waals surface area contributed by atoms with Crippen molar-refractivity contribution in [3.63, 3.8) is 0 Å². The van der Waals surface area contributed by atoms with Crippen LogP contribution in [0.25, 0.3) is 0 Å². The molecule has 2 N–H and O–H groups in total. The van der Waals surface area contributed by atoms with Crippen LogP contribution in [0.1, 0.15) is 12.5 Å². The fourth-order valence-electron chi connectivity index (χ4n) is 1.34. The molecule has 0 amide bonds. The van der Waals surface area contributed by atoms with Crippen molar-refractivity contribution in [1.82, 2.24) is 0 Å². The molecule has 0 saturated heterocycles. The number of halogens is 2. The van der Waals surface area contributed by atoms with E-state index in [1.807, 2.05) is 13.0 Å². The van der Waals surface area contributed by atoms with Gasteiger partial charge >= 0.3 is 0 Å². The number of nitrogens with two attached hydrogens (primary N) is 1. The number of hydrogen-bond acceptors (Lipinski definition) is 1. The summed E-state index contributed by atoms with van der Waals surface area (Å²) in [7, 11) is 0.